The van der Waals surface area contributed by atoms with E-state index in [0.717, 1.165) is 5.69 Å². The van der Waals surface area contributed by atoms with Gasteiger partial charge in [-0.05, 0) is 11.5 Å². The van der Waals surface area contributed by atoms with Crippen LogP contribution in [-0.2, 0) is 5.41 Å². The Bertz CT molecular complexity index is 224. The lowest BCUT2D eigenvalue weighted by molar-refractivity contribution is 0.604. The fourth-order valence-electron chi connectivity index (χ4n) is 0.744. The summed E-state index contributed by atoms with van der Waals surface area (Å²) in [4.78, 5) is 1.35. The van der Waals surface area contributed by atoms with Crippen molar-refractivity contribution >= 4 is 29.4 Å². The maximum atomic E-state index is 5.59. The van der Waals surface area contributed by atoms with Gasteiger partial charge < -0.3 is 5.73 Å². The number of hydrogen-bond donors (Lipinski definition) is 1. The fraction of sp³-hybridized carbons (Fsp3) is 0.500. The van der Waals surface area contributed by atoms with Gasteiger partial charge in [-0.1, -0.05) is 20.8 Å². The molecule has 0 aliphatic heterocycles. The molecule has 0 saturated heterocycles. The van der Waals surface area contributed by atoms with E-state index in [9.17, 15) is 0 Å². The lowest BCUT2D eigenvalue weighted by Gasteiger charge is -2.14. The van der Waals surface area contributed by atoms with Crippen LogP contribution in [0.5, 0.6) is 0 Å². The second-order valence-corrected chi connectivity index (χ2v) is 4.41. The summed E-state index contributed by atoms with van der Waals surface area (Å²) in [6.07, 6.45) is 0. The number of anilines is 1. The first-order chi connectivity index (χ1) is 4.50. The standard InChI is InChI=1S/C8H13NS.ClH/c1-8(2,3)7-4-6(9)5-10-7;/h4-5H,9H2,1-3H3;1H. The average Bonchev–Trinajstić information content (AvgIpc) is 2.11. The lowest BCUT2D eigenvalue weighted by Crippen LogP contribution is -2.07. The third-order valence-corrected chi connectivity index (χ3v) is 2.73. The molecule has 0 spiro atoms. The van der Waals surface area contributed by atoms with E-state index < -0.39 is 0 Å². The van der Waals surface area contributed by atoms with Crippen molar-refractivity contribution in [2.24, 2.45) is 0 Å². The van der Waals surface area contributed by atoms with Crippen LogP contribution in [0, 0.1) is 0 Å². The van der Waals surface area contributed by atoms with Gasteiger partial charge in [0.15, 0.2) is 0 Å². The highest BCUT2D eigenvalue weighted by molar-refractivity contribution is 7.10. The molecule has 0 aromatic carbocycles. The van der Waals surface area contributed by atoms with Crippen LogP contribution in [-0.4, -0.2) is 0 Å². The zero-order valence-electron chi connectivity index (χ0n) is 7.05. The fourth-order valence-corrected chi connectivity index (χ4v) is 1.63. The molecule has 0 saturated carbocycles. The number of rotatable bonds is 0. The van der Waals surface area contributed by atoms with Gasteiger partial charge in [-0.2, -0.15) is 0 Å². The van der Waals surface area contributed by atoms with E-state index in [1.807, 2.05) is 11.4 Å². The Morgan fingerprint density at radius 1 is 1.36 bits per heavy atom. The van der Waals surface area contributed by atoms with Crippen LogP contribution in [0.2, 0.25) is 0 Å². The second-order valence-electron chi connectivity index (χ2n) is 3.49. The van der Waals surface area contributed by atoms with Gasteiger partial charge in [0.1, 0.15) is 0 Å². The van der Waals surface area contributed by atoms with Crippen LogP contribution in [0.15, 0.2) is 11.4 Å². The molecule has 11 heavy (non-hydrogen) atoms. The molecule has 64 valence electrons. The zero-order chi connectivity index (χ0) is 7.78. The van der Waals surface area contributed by atoms with Crippen LogP contribution in [0.1, 0.15) is 25.6 Å². The van der Waals surface area contributed by atoms with E-state index in [1.165, 1.54) is 4.88 Å². The molecule has 1 aromatic rings. The molecule has 0 fully saturated rings. The van der Waals surface area contributed by atoms with Gasteiger partial charge in [-0.15, -0.1) is 23.7 Å². The third kappa shape index (κ3) is 2.72. The van der Waals surface area contributed by atoms with E-state index in [2.05, 4.69) is 20.8 Å². The topological polar surface area (TPSA) is 26.0 Å². The molecule has 0 unspecified atom stereocenters. The molecule has 0 atom stereocenters. The maximum Gasteiger partial charge on any atom is 0.0425 e. The monoisotopic (exact) mass is 191 g/mol. The summed E-state index contributed by atoms with van der Waals surface area (Å²) >= 11 is 1.73. The van der Waals surface area contributed by atoms with Crippen molar-refractivity contribution in [2.45, 2.75) is 26.2 Å². The van der Waals surface area contributed by atoms with Crippen molar-refractivity contribution < 1.29 is 0 Å². The molecule has 2 N–H and O–H groups in total. The first kappa shape index (κ1) is 10.8. The smallest absolute Gasteiger partial charge is 0.0425 e. The van der Waals surface area contributed by atoms with Crippen molar-refractivity contribution in [1.82, 2.24) is 0 Å². The van der Waals surface area contributed by atoms with E-state index in [1.54, 1.807) is 11.3 Å². The number of halogens is 1. The minimum atomic E-state index is 0. The SMILES string of the molecule is CC(C)(C)c1cc(N)cs1.Cl. The molecule has 0 radical (unpaired) electrons. The highest BCUT2D eigenvalue weighted by Crippen LogP contribution is 2.29. The quantitative estimate of drug-likeness (QED) is 0.671. The van der Waals surface area contributed by atoms with Crippen molar-refractivity contribution in [2.75, 3.05) is 5.73 Å². The Labute approximate surface area is 78.0 Å². The molecule has 1 heterocycles. The van der Waals surface area contributed by atoms with Gasteiger partial charge >= 0.3 is 0 Å². The summed E-state index contributed by atoms with van der Waals surface area (Å²) in [5.41, 5.74) is 6.72. The predicted octanol–water partition coefficient (Wildman–Crippen LogP) is 3.05. The van der Waals surface area contributed by atoms with Crippen molar-refractivity contribution in [3.8, 4) is 0 Å². The minimum absolute atomic E-state index is 0. The van der Waals surface area contributed by atoms with Gasteiger partial charge in [0, 0.05) is 15.9 Å². The molecular formula is C8H14ClNS. The first-order valence-corrected chi connectivity index (χ1v) is 4.22. The molecule has 1 aromatic heterocycles. The Kier molecular flexibility index (Phi) is 3.39. The van der Waals surface area contributed by atoms with Gasteiger partial charge in [0.05, 0.1) is 0 Å². The van der Waals surface area contributed by atoms with Crippen molar-refractivity contribution in [3.05, 3.63) is 16.3 Å². The Balaban J connectivity index is 0.000001000. The molecule has 1 nitrogen and oxygen atoms in total. The second kappa shape index (κ2) is 3.46. The zero-order valence-corrected chi connectivity index (χ0v) is 8.68. The van der Waals surface area contributed by atoms with E-state index in [0.29, 0.717) is 0 Å². The largest absolute Gasteiger partial charge is 0.398 e. The molecule has 0 aliphatic carbocycles. The third-order valence-electron chi connectivity index (χ3n) is 1.36. The lowest BCUT2D eigenvalue weighted by atomic mass is 9.95. The Hall–Kier alpha value is -0.210. The Morgan fingerprint density at radius 2 is 1.91 bits per heavy atom. The van der Waals surface area contributed by atoms with Crippen LogP contribution in [0.3, 0.4) is 0 Å². The summed E-state index contributed by atoms with van der Waals surface area (Å²) in [7, 11) is 0. The van der Waals surface area contributed by atoms with Crippen LogP contribution < -0.4 is 5.73 Å². The van der Waals surface area contributed by atoms with E-state index in [4.69, 9.17) is 5.73 Å². The van der Waals surface area contributed by atoms with Crippen LogP contribution in [0.25, 0.3) is 0 Å². The minimum Gasteiger partial charge on any atom is -0.398 e. The molecule has 1 rings (SSSR count). The molecule has 3 heteroatoms. The van der Waals surface area contributed by atoms with Gasteiger partial charge in [-0.3, -0.25) is 0 Å². The molecular weight excluding hydrogens is 178 g/mol. The van der Waals surface area contributed by atoms with E-state index in [-0.39, 0.29) is 17.8 Å². The summed E-state index contributed by atoms with van der Waals surface area (Å²) in [6, 6.07) is 2.05. The number of thiophene rings is 1. The Morgan fingerprint density at radius 3 is 2.09 bits per heavy atom. The predicted molar refractivity (Wildman–Crippen MR) is 54.7 cm³/mol. The van der Waals surface area contributed by atoms with Crippen molar-refractivity contribution in [1.29, 1.82) is 0 Å². The molecule has 0 aliphatic rings. The molecule has 0 amide bonds. The normalized spacial score (nSPS) is 10.8. The molecule has 0 bridgehead atoms. The van der Waals surface area contributed by atoms with Crippen LogP contribution in [0.4, 0.5) is 5.69 Å². The summed E-state index contributed by atoms with van der Waals surface area (Å²) < 4.78 is 0. The highest BCUT2D eigenvalue weighted by Gasteiger charge is 2.14. The number of nitrogen functional groups attached to an aromatic ring is 1. The van der Waals surface area contributed by atoms with Gasteiger partial charge in [0.25, 0.3) is 0 Å². The van der Waals surface area contributed by atoms with Crippen molar-refractivity contribution in [3.63, 3.8) is 0 Å². The number of nitrogens with two attached hydrogens (primary N) is 1. The van der Waals surface area contributed by atoms with Gasteiger partial charge in [-0.25, -0.2) is 0 Å². The van der Waals surface area contributed by atoms with Crippen LogP contribution >= 0.6 is 23.7 Å². The summed E-state index contributed by atoms with van der Waals surface area (Å²) in [5.74, 6) is 0. The average molecular weight is 192 g/mol. The first-order valence-electron chi connectivity index (χ1n) is 3.34. The number of hydrogen-bond acceptors (Lipinski definition) is 2. The summed E-state index contributed by atoms with van der Waals surface area (Å²) in [5, 5.41) is 1.99. The maximum absolute atomic E-state index is 5.59. The highest BCUT2D eigenvalue weighted by atomic mass is 35.5. The summed E-state index contributed by atoms with van der Waals surface area (Å²) in [6.45, 7) is 6.58. The van der Waals surface area contributed by atoms with Gasteiger partial charge in [0.2, 0.25) is 0 Å². The van der Waals surface area contributed by atoms with E-state index >= 15 is 0 Å².